The van der Waals surface area contributed by atoms with E-state index in [1.165, 1.54) is 6.42 Å². The Morgan fingerprint density at radius 1 is 1.29 bits per heavy atom. The highest BCUT2D eigenvalue weighted by Gasteiger charge is 2.40. The first-order valence-electron chi connectivity index (χ1n) is 6.49. The zero-order chi connectivity index (χ0) is 12.6. The molecule has 2 rings (SSSR count). The van der Waals surface area contributed by atoms with Crippen molar-refractivity contribution in [2.45, 2.75) is 45.6 Å². The van der Waals surface area contributed by atoms with Gasteiger partial charge in [0.25, 0.3) is 0 Å². The fourth-order valence-corrected chi connectivity index (χ4v) is 3.04. The van der Waals surface area contributed by atoms with Crippen molar-refractivity contribution >= 4 is 0 Å². The standard InChI is InChI=1S/C15H22FN/c1-10-5-7-14(16)13(8-10)15(17)9-11(2)4-6-12(15)3/h5,7-8,11-12H,4,6,9,17H2,1-3H3. The minimum atomic E-state index is -0.492. The number of aryl methyl sites for hydroxylation is 1. The molecule has 1 saturated carbocycles. The van der Waals surface area contributed by atoms with Gasteiger partial charge in [0.2, 0.25) is 0 Å². The van der Waals surface area contributed by atoms with Gasteiger partial charge in [-0.2, -0.15) is 0 Å². The third-order valence-electron chi connectivity index (χ3n) is 4.28. The van der Waals surface area contributed by atoms with Crippen LogP contribution in [0.1, 0.15) is 44.2 Å². The van der Waals surface area contributed by atoms with E-state index in [0.717, 1.165) is 18.4 Å². The summed E-state index contributed by atoms with van der Waals surface area (Å²) in [5, 5.41) is 0. The Kier molecular flexibility index (Phi) is 3.26. The first-order valence-corrected chi connectivity index (χ1v) is 6.49. The van der Waals surface area contributed by atoms with Crippen molar-refractivity contribution in [1.82, 2.24) is 0 Å². The summed E-state index contributed by atoms with van der Waals surface area (Å²) in [6.45, 7) is 6.35. The summed E-state index contributed by atoms with van der Waals surface area (Å²) in [4.78, 5) is 0. The Morgan fingerprint density at radius 2 is 2.00 bits per heavy atom. The van der Waals surface area contributed by atoms with Crippen LogP contribution in [0.3, 0.4) is 0 Å². The number of nitrogens with two attached hydrogens (primary N) is 1. The normalized spacial score (nSPS) is 33.7. The molecule has 0 spiro atoms. The van der Waals surface area contributed by atoms with Gasteiger partial charge in [-0.25, -0.2) is 4.39 Å². The molecule has 1 aromatic rings. The summed E-state index contributed by atoms with van der Waals surface area (Å²) in [7, 11) is 0. The van der Waals surface area contributed by atoms with Crippen molar-refractivity contribution in [1.29, 1.82) is 0 Å². The lowest BCUT2D eigenvalue weighted by molar-refractivity contribution is 0.157. The minimum Gasteiger partial charge on any atom is -0.321 e. The Morgan fingerprint density at radius 3 is 2.71 bits per heavy atom. The number of hydrogen-bond donors (Lipinski definition) is 1. The van der Waals surface area contributed by atoms with Gasteiger partial charge >= 0.3 is 0 Å². The molecule has 0 bridgehead atoms. The van der Waals surface area contributed by atoms with Crippen LogP contribution in [0.4, 0.5) is 4.39 Å². The quantitative estimate of drug-likeness (QED) is 0.788. The van der Waals surface area contributed by atoms with Crippen LogP contribution >= 0.6 is 0 Å². The van der Waals surface area contributed by atoms with E-state index in [1.807, 2.05) is 13.0 Å². The number of benzene rings is 1. The Balaban J connectivity index is 2.45. The molecule has 1 aliphatic carbocycles. The lowest BCUT2D eigenvalue weighted by Crippen LogP contribution is -2.47. The second-order valence-electron chi connectivity index (χ2n) is 5.81. The van der Waals surface area contributed by atoms with Gasteiger partial charge in [0.1, 0.15) is 5.82 Å². The topological polar surface area (TPSA) is 26.0 Å². The third-order valence-corrected chi connectivity index (χ3v) is 4.28. The van der Waals surface area contributed by atoms with Gasteiger partial charge in [-0.15, -0.1) is 0 Å². The molecule has 17 heavy (non-hydrogen) atoms. The molecule has 1 aliphatic rings. The molecule has 0 saturated heterocycles. The second-order valence-corrected chi connectivity index (χ2v) is 5.81. The molecule has 2 N–H and O–H groups in total. The highest BCUT2D eigenvalue weighted by molar-refractivity contribution is 5.31. The van der Waals surface area contributed by atoms with Crippen molar-refractivity contribution in [3.63, 3.8) is 0 Å². The summed E-state index contributed by atoms with van der Waals surface area (Å²) in [5.74, 6) is 0.769. The maximum Gasteiger partial charge on any atom is 0.128 e. The molecule has 1 nitrogen and oxygen atoms in total. The van der Waals surface area contributed by atoms with Gasteiger partial charge in [-0.05, 0) is 37.7 Å². The van der Waals surface area contributed by atoms with E-state index in [2.05, 4.69) is 13.8 Å². The van der Waals surface area contributed by atoms with E-state index < -0.39 is 5.54 Å². The molecule has 3 atom stereocenters. The van der Waals surface area contributed by atoms with Crippen LogP contribution in [0.15, 0.2) is 18.2 Å². The maximum atomic E-state index is 14.0. The molecule has 0 aliphatic heterocycles. The minimum absolute atomic E-state index is 0.154. The van der Waals surface area contributed by atoms with Crippen LogP contribution in [0.5, 0.6) is 0 Å². The third kappa shape index (κ3) is 2.23. The monoisotopic (exact) mass is 235 g/mol. The highest BCUT2D eigenvalue weighted by Crippen LogP contribution is 2.42. The lowest BCUT2D eigenvalue weighted by Gasteiger charge is -2.43. The molecule has 3 unspecified atom stereocenters. The zero-order valence-corrected chi connectivity index (χ0v) is 11.0. The van der Waals surface area contributed by atoms with Crippen molar-refractivity contribution < 1.29 is 4.39 Å². The Bertz CT molecular complexity index is 415. The van der Waals surface area contributed by atoms with E-state index in [0.29, 0.717) is 17.4 Å². The molecule has 0 radical (unpaired) electrons. The average Bonchev–Trinajstić information content (AvgIpc) is 2.27. The molecular formula is C15H22FN. The average molecular weight is 235 g/mol. The predicted octanol–water partition coefficient (Wildman–Crippen LogP) is 3.74. The number of rotatable bonds is 1. The van der Waals surface area contributed by atoms with Crippen LogP contribution in [0.25, 0.3) is 0 Å². The summed E-state index contributed by atoms with van der Waals surface area (Å²) >= 11 is 0. The predicted molar refractivity (Wildman–Crippen MR) is 69.2 cm³/mol. The molecule has 1 fully saturated rings. The van der Waals surface area contributed by atoms with Crippen LogP contribution in [0.2, 0.25) is 0 Å². The molecule has 1 aromatic carbocycles. The van der Waals surface area contributed by atoms with E-state index in [1.54, 1.807) is 12.1 Å². The summed E-state index contributed by atoms with van der Waals surface area (Å²) in [6, 6.07) is 5.27. The molecule has 0 aromatic heterocycles. The lowest BCUT2D eigenvalue weighted by atomic mass is 9.67. The molecular weight excluding hydrogens is 213 g/mol. The summed E-state index contributed by atoms with van der Waals surface area (Å²) in [6.07, 6.45) is 3.17. The van der Waals surface area contributed by atoms with Gasteiger partial charge in [0.05, 0.1) is 0 Å². The first kappa shape index (κ1) is 12.6. The van der Waals surface area contributed by atoms with E-state index in [9.17, 15) is 4.39 Å². The Labute approximate surface area is 103 Å². The number of halogens is 1. The van der Waals surface area contributed by atoms with Crippen molar-refractivity contribution in [2.75, 3.05) is 0 Å². The van der Waals surface area contributed by atoms with Crippen LogP contribution < -0.4 is 5.73 Å². The van der Waals surface area contributed by atoms with Gasteiger partial charge in [-0.1, -0.05) is 38.0 Å². The number of hydrogen-bond acceptors (Lipinski definition) is 1. The van der Waals surface area contributed by atoms with Crippen LogP contribution in [0, 0.1) is 24.6 Å². The molecule has 94 valence electrons. The first-order chi connectivity index (χ1) is 7.93. The van der Waals surface area contributed by atoms with Crippen molar-refractivity contribution in [3.05, 3.63) is 35.1 Å². The van der Waals surface area contributed by atoms with E-state index in [4.69, 9.17) is 5.73 Å². The fraction of sp³-hybridized carbons (Fsp3) is 0.600. The van der Waals surface area contributed by atoms with Crippen LogP contribution in [-0.2, 0) is 5.54 Å². The van der Waals surface area contributed by atoms with Crippen molar-refractivity contribution in [2.24, 2.45) is 17.6 Å². The maximum absolute atomic E-state index is 14.0. The smallest absolute Gasteiger partial charge is 0.128 e. The van der Waals surface area contributed by atoms with Crippen LogP contribution in [-0.4, -0.2) is 0 Å². The van der Waals surface area contributed by atoms with Crippen molar-refractivity contribution in [3.8, 4) is 0 Å². The summed E-state index contributed by atoms with van der Waals surface area (Å²) < 4.78 is 14.0. The fourth-order valence-electron chi connectivity index (χ4n) is 3.04. The highest BCUT2D eigenvalue weighted by atomic mass is 19.1. The Hall–Kier alpha value is -0.890. The zero-order valence-electron chi connectivity index (χ0n) is 11.0. The summed E-state index contributed by atoms with van der Waals surface area (Å²) in [5.41, 5.74) is 7.84. The van der Waals surface area contributed by atoms with Gasteiger partial charge < -0.3 is 5.73 Å². The van der Waals surface area contributed by atoms with Gasteiger partial charge in [0.15, 0.2) is 0 Å². The van der Waals surface area contributed by atoms with Gasteiger partial charge in [-0.3, -0.25) is 0 Å². The largest absolute Gasteiger partial charge is 0.321 e. The van der Waals surface area contributed by atoms with Gasteiger partial charge in [0, 0.05) is 11.1 Å². The second kappa shape index (κ2) is 4.41. The molecule has 0 heterocycles. The molecule has 2 heteroatoms. The molecule has 0 amide bonds. The van der Waals surface area contributed by atoms with E-state index >= 15 is 0 Å². The SMILES string of the molecule is Cc1ccc(F)c(C2(N)CC(C)CCC2C)c1. The van der Waals surface area contributed by atoms with E-state index in [-0.39, 0.29) is 5.82 Å².